The number of esters is 1. The van der Waals surface area contributed by atoms with E-state index in [1.807, 2.05) is 42.1 Å². The Bertz CT molecular complexity index is 879. The molecule has 0 spiro atoms. The van der Waals surface area contributed by atoms with Crippen LogP contribution in [-0.4, -0.2) is 45.7 Å². The highest BCUT2D eigenvalue weighted by Gasteiger charge is 2.29. The molecule has 9 nitrogen and oxygen atoms in total. The van der Waals surface area contributed by atoms with Crippen molar-refractivity contribution in [2.24, 2.45) is 18.7 Å². The number of phosphoric acid groups is 1. The van der Waals surface area contributed by atoms with E-state index >= 15 is 0 Å². The number of nitrogens with one attached hydrogen (secondary N) is 1. The molecule has 0 aliphatic carbocycles. The third-order valence-electron chi connectivity index (χ3n) is 4.92. The van der Waals surface area contributed by atoms with Gasteiger partial charge in [-0.05, 0) is 36.9 Å². The van der Waals surface area contributed by atoms with Gasteiger partial charge in [0.25, 0.3) is 0 Å². The van der Waals surface area contributed by atoms with Gasteiger partial charge in [0.2, 0.25) is 0 Å². The first-order chi connectivity index (χ1) is 13.2. The average Bonchev–Trinajstić information content (AvgIpc) is 2.94. The maximum absolute atomic E-state index is 12.3. The third kappa shape index (κ3) is 5.41. The number of nitrogens with two attached hydrogens (primary N) is 1. The second kappa shape index (κ2) is 8.73. The smallest absolute Gasteiger partial charge is 0.464 e. The predicted octanol–water partition coefficient (Wildman–Crippen LogP) is 1.03. The van der Waals surface area contributed by atoms with E-state index in [1.54, 1.807) is 0 Å². The quantitative estimate of drug-likeness (QED) is 0.392. The Balaban J connectivity index is 1.52. The molecule has 3 rings (SSSR count). The van der Waals surface area contributed by atoms with Crippen LogP contribution in [0.3, 0.4) is 0 Å². The van der Waals surface area contributed by atoms with Gasteiger partial charge >= 0.3 is 13.8 Å². The van der Waals surface area contributed by atoms with Crippen molar-refractivity contribution in [2.75, 3.05) is 13.2 Å². The Hall–Kier alpha value is -1.74. The number of aromatic nitrogens is 1. The minimum Gasteiger partial charge on any atom is -0.464 e. The van der Waals surface area contributed by atoms with Crippen LogP contribution in [0.1, 0.15) is 18.4 Å². The minimum absolute atomic E-state index is 0.0495. The standard InChI is InChI=1S/C18H26N3O6P/c1-21-10-13(14-4-2-3-5-16(14)21)9-15(19)18(22)26-11-12-6-7-20-17(8-12)27-28(23,24)25/h2-5,10,12,15,17,20H,6-9,11,19H2,1H3,(H2,23,24,25)/t12?,15-,17?/m1/s1. The normalized spacial score (nSPS) is 21.6. The van der Waals surface area contributed by atoms with Gasteiger partial charge in [0, 0.05) is 30.6 Å². The van der Waals surface area contributed by atoms with Crippen molar-refractivity contribution < 1.29 is 28.4 Å². The fourth-order valence-electron chi connectivity index (χ4n) is 3.57. The van der Waals surface area contributed by atoms with Crippen LogP contribution in [0.15, 0.2) is 30.5 Å². The second-order valence-corrected chi connectivity index (χ2v) is 8.34. The monoisotopic (exact) mass is 411 g/mol. The number of fused-ring (bicyclic) bond motifs is 1. The first-order valence-electron chi connectivity index (χ1n) is 9.15. The largest absolute Gasteiger partial charge is 0.471 e. The summed E-state index contributed by atoms with van der Waals surface area (Å²) in [7, 11) is -2.62. The lowest BCUT2D eigenvalue weighted by Crippen LogP contribution is -2.41. The second-order valence-electron chi connectivity index (χ2n) is 7.15. The van der Waals surface area contributed by atoms with E-state index < -0.39 is 26.1 Å². The summed E-state index contributed by atoms with van der Waals surface area (Å²) in [5.74, 6) is -0.537. The third-order valence-corrected chi connectivity index (χ3v) is 5.45. The Morgan fingerprint density at radius 3 is 2.93 bits per heavy atom. The lowest BCUT2D eigenvalue weighted by Gasteiger charge is -2.30. The number of piperidine rings is 1. The molecule has 2 unspecified atom stereocenters. The number of phosphoric ester groups is 1. The van der Waals surface area contributed by atoms with Gasteiger partial charge in [-0.15, -0.1) is 0 Å². The Morgan fingerprint density at radius 1 is 1.43 bits per heavy atom. The summed E-state index contributed by atoms with van der Waals surface area (Å²) in [6.45, 7) is 0.666. The number of carbonyl (C=O) groups excluding carboxylic acids is 1. The maximum atomic E-state index is 12.3. The number of benzene rings is 1. The summed E-state index contributed by atoms with van der Waals surface area (Å²) in [6, 6.07) is 7.13. The molecule has 1 fully saturated rings. The summed E-state index contributed by atoms with van der Waals surface area (Å²) in [4.78, 5) is 30.1. The minimum atomic E-state index is -4.56. The van der Waals surface area contributed by atoms with Crippen molar-refractivity contribution in [3.05, 3.63) is 36.0 Å². The van der Waals surface area contributed by atoms with Gasteiger partial charge in [0.1, 0.15) is 12.3 Å². The van der Waals surface area contributed by atoms with E-state index in [9.17, 15) is 9.36 Å². The van der Waals surface area contributed by atoms with Crippen LogP contribution in [0, 0.1) is 5.92 Å². The van der Waals surface area contributed by atoms with Crippen LogP contribution in [0.2, 0.25) is 0 Å². The van der Waals surface area contributed by atoms with Crippen molar-refractivity contribution in [3.8, 4) is 0 Å². The summed E-state index contributed by atoms with van der Waals surface area (Å²) in [5, 5.41) is 3.95. The number of ether oxygens (including phenoxy) is 1. The Kier molecular flexibility index (Phi) is 6.54. The molecule has 2 aromatic rings. The van der Waals surface area contributed by atoms with E-state index in [1.165, 1.54) is 0 Å². The van der Waals surface area contributed by atoms with E-state index in [0.29, 0.717) is 25.8 Å². The van der Waals surface area contributed by atoms with Crippen molar-refractivity contribution in [1.29, 1.82) is 0 Å². The summed E-state index contributed by atoms with van der Waals surface area (Å²) >= 11 is 0. The van der Waals surface area contributed by atoms with Gasteiger partial charge in [0.05, 0.1) is 6.61 Å². The Morgan fingerprint density at radius 2 is 2.18 bits per heavy atom. The molecule has 2 heterocycles. The number of nitrogens with zero attached hydrogens (tertiary/aromatic N) is 1. The van der Waals surface area contributed by atoms with Crippen LogP contribution in [0.4, 0.5) is 0 Å². The molecular formula is C18H26N3O6P. The van der Waals surface area contributed by atoms with Crippen molar-refractivity contribution in [2.45, 2.75) is 31.5 Å². The van der Waals surface area contributed by atoms with Gasteiger partial charge in [-0.3, -0.25) is 14.6 Å². The predicted molar refractivity (Wildman–Crippen MR) is 103 cm³/mol. The van der Waals surface area contributed by atoms with E-state index in [-0.39, 0.29) is 12.5 Å². The number of hydrogen-bond acceptors (Lipinski definition) is 6. The van der Waals surface area contributed by atoms with Gasteiger partial charge in [-0.2, -0.15) is 0 Å². The van der Waals surface area contributed by atoms with Crippen molar-refractivity contribution in [1.82, 2.24) is 9.88 Å². The van der Waals surface area contributed by atoms with E-state index in [2.05, 4.69) is 9.84 Å². The zero-order valence-corrected chi connectivity index (χ0v) is 16.5. The van der Waals surface area contributed by atoms with Crippen LogP contribution in [0.25, 0.3) is 10.9 Å². The highest BCUT2D eigenvalue weighted by Crippen LogP contribution is 2.39. The number of hydrogen-bond donors (Lipinski definition) is 4. The fourth-order valence-corrected chi connectivity index (χ4v) is 4.06. The van der Waals surface area contributed by atoms with Crippen molar-refractivity contribution in [3.63, 3.8) is 0 Å². The van der Waals surface area contributed by atoms with E-state index in [4.69, 9.17) is 20.3 Å². The van der Waals surface area contributed by atoms with Gasteiger partial charge < -0.3 is 24.8 Å². The number of carbonyl (C=O) groups is 1. The first-order valence-corrected chi connectivity index (χ1v) is 10.7. The van der Waals surface area contributed by atoms with Gasteiger partial charge in [0.15, 0.2) is 0 Å². The van der Waals surface area contributed by atoms with Gasteiger partial charge in [-0.1, -0.05) is 18.2 Å². The molecule has 10 heteroatoms. The molecule has 154 valence electrons. The van der Waals surface area contributed by atoms with Crippen LogP contribution in [-0.2, 0) is 32.1 Å². The molecule has 0 saturated carbocycles. The molecule has 0 amide bonds. The summed E-state index contributed by atoms with van der Waals surface area (Å²) < 4.78 is 23.0. The molecule has 1 saturated heterocycles. The number of para-hydroxylation sites is 1. The number of rotatable bonds is 7. The molecule has 5 N–H and O–H groups in total. The molecule has 3 atom stereocenters. The number of aryl methyl sites for hydroxylation is 1. The molecule has 1 aromatic carbocycles. The van der Waals surface area contributed by atoms with Crippen LogP contribution < -0.4 is 11.1 Å². The highest BCUT2D eigenvalue weighted by atomic mass is 31.2. The first kappa shape index (κ1) is 21.0. The Labute approximate surface area is 163 Å². The molecular weight excluding hydrogens is 385 g/mol. The maximum Gasteiger partial charge on any atom is 0.471 e. The topological polar surface area (TPSA) is 136 Å². The van der Waals surface area contributed by atoms with Gasteiger partial charge in [-0.25, -0.2) is 4.57 Å². The summed E-state index contributed by atoms with van der Waals surface area (Å²) in [6.07, 6.45) is 2.64. The SMILES string of the molecule is Cn1cc(C[C@@H](N)C(=O)OCC2CCNC(OP(=O)(O)O)C2)c2ccccc21. The summed E-state index contributed by atoms with van der Waals surface area (Å²) in [5.41, 5.74) is 8.11. The van der Waals surface area contributed by atoms with Crippen LogP contribution >= 0.6 is 7.82 Å². The lowest BCUT2D eigenvalue weighted by atomic mass is 9.98. The lowest BCUT2D eigenvalue weighted by molar-refractivity contribution is -0.147. The molecule has 0 radical (unpaired) electrons. The van der Waals surface area contributed by atoms with Crippen LogP contribution in [0.5, 0.6) is 0 Å². The molecule has 28 heavy (non-hydrogen) atoms. The fraction of sp³-hybridized carbons (Fsp3) is 0.500. The molecule has 1 aromatic heterocycles. The average molecular weight is 411 g/mol. The zero-order chi connectivity index (χ0) is 20.3. The highest BCUT2D eigenvalue weighted by molar-refractivity contribution is 7.46. The molecule has 1 aliphatic rings. The van der Waals surface area contributed by atoms with E-state index in [0.717, 1.165) is 16.5 Å². The zero-order valence-electron chi connectivity index (χ0n) is 15.7. The molecule has 0 bridgehead atoms. The van der Waals surface area contributed by atoms with Crippen molar-refractivity contribution >= 4 is 24.7 Å². The molecule has 1 aliphatic heterocycles.